The minimum Gasteiger partial charge on any atom is -0.444 e. The molecule has 1 amide bonds. The summed E-state index contributed by atoms with van der Waals surface area (Å²) in [6, 6.07) is 3.61. The topological polar surface area (TPSA) is 67.3 Å². The SMILES string of the molecule is CC(C)(C)OC(=O)N1CCCC(Nc2ccc(Cl)nn2)C1. The van der Waals surface area contributed by atoms with E-state index in [1.807, 2.05) is 20.8 Å². The van der Waals surface area contributed by atoms with Crippen LogP contribution in [0.3, 0.4) is 0 Å². The summed E-state index contributed by atoms with van der Waals surface area (Å²) in [7, 11) is 0. The second kappa shape index (κ2) is 6.47. The fourth-order valence-electron chi connectivity index (χ4n) is 2.19. The Kier molecular flexibility index (Phi) is 4.88. The molecule has 21 heavy (non-hydrogen) atoms. The maximum atomic E-state index is 12.1. The van der Waals surface area contributed by atoms with Crippen molar-refractivity contribution < 1.29 is 9.53 Å². The van der Waals surface area contributed by atoms with Crippen molar-refractivity contribution in [1.29, 1.82) is 0 Å². The molecule has 0 aliphatic carbocycles. The molecule has 1 saturated heterocycles. The zero-order valence-electron chi connectivity index (χ0n) is 12.6. The van der Waals surface area contributed by atoms with Crippen LogP contribution in [0.25, 0.3) is 0 Å². The number of hydrogen-bond donors (Lipinski definition) is 1. The van der Waals surface area contributed by atoms with Gasteiger partial charge in [-0.25, -0.2) is 4.79 Å². The minimum atomic E-state index is -0.473. The number of anilines is 1. The zero-order chi connectivity index (χ0) is 15.5. The van der Waals surface area contributed by atoms with Crippen molar-refractivity contribution in [2.45, 2.75) is 45.3 Å². The molecule has 1 fully saturated rings. The van der Waals surface area contributed by atoms with Gasteiger partial charge in [-0.15, -0.1) is 10.2 Å². The van der Waals surface area contributed by atoms with E-state index in [0.717, 1.165) is 19.4 Å². The quantitative estimate of drug-likeness (QED) is 0.909. The summed E-state index contributed by atoms with van der Waals surface area (Å²) >= 11 is 5.71. The lowest BCUT2D eigenvalue weighted by Gasteiger charge is -2.34. The molecule has 1 aliphatic rings. The van der Waals surface area contributed by atoms with Crippen LogP contribution in [0.1, 0.15) is 33.6 Å². The van der Waals surface area contributed by atoms with Gasteiger partial charge in [0.15, 0.2) is 5.15 Å². The summed E-state index contributed by atoms with van der Waals surface area (Å²) in [5.74, 6) is 0.662. The van der Waals surface area contributed by atoms with Crippen LogP contribution in [0.5, 0.6) is 0 Å². The van der Waals surface area contributed by atoms with Crippen LogP contribution in [0.2, 0.25) is 5.15 Å². The Labute approximate surface area is 129 Å². The van der Waals surface area contributed by atoms with Crippen LogP contribution in [-0.2, 0) is 4.74 Å². The van der Waals surface area contributed by atoms with Gasteiger partial charge in [0, 0.05) is 19.1 Å². The Balaban J connectivity index is 1.91. The Hall–Kier alpha value is -1.56. The first kappa shape index (κ1) is 15.8. The number of carbonyl (C=O) groups is 1. The van der Waals surface area contributed by atoms with Gasteiger partial charge in [0.2, 0.25) is 0 Å². The second-order valence-corrected chi connectivity index (χ2v) is 6.54. The van der Waals surface area contributed by atoms with Gasteiger partial charge in [0.05, 0.1) is 0 Å². The maximum Gasteiger partial charge on any atom is 0.410 e. The van der Waals surface area contributed by atoms with Crippen molar-refractivity contribution in [3.05, 3.63) is 17.3 Å². The average Bonchev–Trinajstić information content (AvgIpc) is 2.40. The summed E-state index contributed by atoms with van der Waals surface area (Å²) < 4.78 is 5.41. The normalized spacial score (nSPS) is 19.2. The van der Waals surface area contributed by atoms with E-state index >= 15 is 0 Å². The van der Waals surface area contributed by atoms with Crippen LogP contribution < -0.4 is 5.32 Å². The monoisotopic (exact) mass is 312 g/mol. The van der Waals surface area contributed by atoms with Crippen molar-refractivity contribution in [1.82, 2.24) is 15.1 Å². The molecule has 0 saturated carbocycles. The largest absolute Gasteiger partial charge is 0.444 e. The number of piperidine rings is 1. The molecule has 0 aromatic carbocycles. The third kappa shape index (κ3) is 5.04. The van der Waals surface area contributed by atoms with Crippen LogP contribution in [0, 0.1) is 0 Å². The number of amides is 1. The van der Waals surface area contributed by atoms with E-state index in [-0.39, 0.29) is 12.1 Å². The number of aromatic nitrogens is 2. The molecular formula is C14H21ClN4O2. The van der Waals surface area contributed by atoms with E-state index in [0.29, 0.717) is 17.5 Å². The van der Waals surface area contributed by atoms with E-state index in [1.54, 1.807) is 17.0 Å². The van der Waals surface area contributed by atoms with Gasteiger partial charge in [-0.1, -0.05) is 11.6 Å². The van der Waals surface area contributed by atoms with Gasteiger partial charge in [-0.3, -0.25) is 0 Å². The highest BCUT2D eigenvalue weighted by atomic mass is 35.5. The fourth-order valence-corrected chi connectivity index (χ4v) is 2.29. The van der Waals surface area contributed by atoms with Gasteiger partial charge in [0.1, 0.15) is 11.4 Å². The van der Waals surface area contributed by atoms with E-state index in [9.17, 15) is 4.79 Å². The number of likely N-dealkylation sites (tertiary alicyclic amines) is 1. The molecular weight excluding hydrogens is 292 g/mol. The smallest absolute Gasteiger partial charge is 0.410 e. The highest BCUT2D eigenvalue weighted by molar-refractivity contribution is 6.29. The molecule has 1 aliphatic heterocycles. The number of rotatable bonds is 2. The molecule has 116 valence electrons. The molecule has 7 heteroatoms. The highest BCUT2D eigenvalue weighted by Gasteiger charge is 2.27. The zero-order valence-corrected chi connectivity index (χ0v) is 13.4. The number of nitrogens with zero attached hydrogens (tertiary/aromatic N) is 3. The number of nitrogens with one attached hydrogen (secondary N) is 1. The fraction of sp³-hybridized carbons (Fsp3) is 0.643. The van der Waals surface area contributed by atoms with E-state index in [2.05, 4.69) is 15.5 Å². The molecule has 1 N–H and O–H groups in total. The standard InChI is InChI=1S/C14H21ClN4O2/c1-14(2,3)21-13(20)19-8-4-5-10(9-19)16-12-7-6-11(15)17-18-12/h6-7,10H,4-5,8-9H2,1-3H3,(H,16,18). The van der Waals surface area contributed by atoms with Crippen molar-refractivity contribution in [2.75, 3.05) is 18.4 Å². The van der Waals surface area contributed by atoms with Gasteiger partial charge < -0.3 is 15.0 Å². The summed E-state index contributed by atoms with van der Waals surface area (Å²) in [5, 5.41) is 11.4. The summed E-state index contributed by atoms with van der Waals surface area (Å²) in [4.78, 5) is 13.8. The summed E-state index contributed by atoms with van der Waals surface area (Å²) in [5.41, 5.74) is -0.473. The molecule has 1 unspecified atom stereocenters. The van der Waals surface area contributed by atoms with Crippen molar-refractivity contribution >= 4 is 23.5 Å². The molecule has 1 aromatic heterocycles. The van der Waals surface area contributed by atoms with Gasteiger partial charge in [0.25, 0.3) is 0 Å². The first-order valence-electron chi connectivity index (χ1n) is 7.07. The van der Waals surface area contributed by atoms with Crippen LogP contribution in [-0.4, -0.2) is 45.9 Å². The van der Waals surface area contributed by atoms with Crippen LogP contribution in [0.15, 0.2) is 12.1 Å². The van der Waals surface area contributed by atoms with Crippen LogP contribution >= 0.6 is 11.6 Å². The van der Waals surface area contributed by atoms with Crippen molar-refractivity contribution in [3.63, 3.8) is 0 Å². The predicted molar refractivity (Wildman–Crippen MR) is 81.5 cm³/mol. The first-order chi connectivity index (χ1) is 9.83. The van der Waals surface area contributed by atoms with E-state index in [4.69, 9.17) is 16.3 Å². The minimum absolute atomic E-state index is 0.141. The predicted octanol–water partition coefficient (Wildman–Crippen LogP) is 2.94. The van der Waals surface area contributed by atoms with Gasteiger partial charge >= 0.3 is 6.09 Å². The molecule has 1 atom stereocenters. The maximum absolute atomic E-state index is 12.1. The molecule has 2 rings (SSSR count). The Morgan fingerprint density at radius 3 is 2.81 bits per heavy atom. The van der Waals surface area contributed by atoms with Crippen molar-refractivity contribution in [2.24, 2.45) is 0 Å². The molecule has 0 bridgehead atoms. The average molecular weight is 313 g/mol. The molecule has 6 nitrogen and oxygen atoms in total. The van der Waals surface area contributed by atoms with Crippen LogP contribution in [0.4, 0.5) is 10.6 Å². The van der Waals surface area contributed by atoms with Gasteiger partial charge in [-0.05, 0) is 45.7 Å². The number of ether oxygens (including phenoxy) is 1. The Morgan fingerprint density at radius 2 is 2.19 bits per heavy atom. The van der Waals surface area contributed by atoms with E-state index < -0.39 is 5.60 Å². The lowest BCUT2D eigenvalue weighted by atomic mass is 10.1. The molecule has 0 spiro atoms. The summed E-state index contributed by atoms with van der Waals surface area (Å²) in [6.45, 7) is 6.92. The second-order valence-electron chi connectivity index (χ2n) is 6.15. The van der Waals surface area contributed by atoms with Gasteiger partial charge in [-0.2, -0.15) is 0 Å². The lowest BCUT2D eigenvalue weighted by Crippen LogP contribution is -2.47. The number of hydrogen-bond acceptors (Lipinski definition) is 5. The Bertz CT molecular complexity index is 487. The first-order valence-corrected chi connectivity index (χ1v) is 7.45. The molecule has 0 radical (unpaired) electrons. The Morgan fingerprint density at radius 1 is 1.43 bits per heavy atom. The third-order valence-electron chi connectivity index (χ3n) is 3.06. The molecule has 1 aromatic rings. The molecule has 2 heterocycles. The number of carbonyl (C=O) groups excluding carboxylic acids is 1. The van der Waals surface area contributed by atoms with Crippen molar-refractivity contribution in [3.8, 4) is 0 Å². The summed E-state index contributed by atoms with van der Waals surface area (Å²) in [6.07, 6.45) is 1.64. The van der Waals surface area contributed by atoms with E-state index in [1.165, 1.54) is 0 Å². The number of halogens is 1. The third-order valence-corrected chi connectivity index (χ3v) is 3.26. The lowest BCUT2D eigenvalue weighted by molar-refractivity contribution is 0.0206. The highest BCUT2D eigenvalue weighted by Crippen LogP contribution is 2.18.